The standard InChI is InChI=1S/C24H31BrN4O3S/c1-26(2)10-9-18-17-29(22-7-5-19(25)15-21(18)22)33(30,31)20-6-8-24(32-4)23(16-20)28-13-11-27(3)12-14-28/h5-8,15-17H,9-14H2,1-4H3. The molecule has 0 atom stereocenters. The van der Waals surface area contributed by atoms with E-state index in [4.69, 9.17) is 4.74 Å². The van der Waals surface area contributed by atoms with Crippen LogP contribution in [0.25, 0.3) is 10.9 Å². The number of methoxy groups -OCH3 is 1. The Morgan fingerprint density at radius 2 is 1.79 bits per heavy atom. The van der Waals surface area contributed by atoms with Gasteiger partial charge in [-0.3, -0.25) is 0 Å². The Hall–Kier alpha value is -2.07. The molecule has 33 heavy (non-hydrogen) atoms. The quantitative estimate of drug-likeness (QED) is 0.462. The van der Waals surface area contributed by atoms with Gasteiger partial charge >= 0.3 is 0 Å². The maximum Gasteiger partial charge on any atom is 0.268 e. The van der Waals surface area contributed by atoms with E-state index in [1.165, 1.54) is 3.97 Å². The number of likely N-dealkylation sites (N-methyl/N-ethyl adjacent to an activating group) is 2. The van der Waals surface area contributed by atoms with Crippen LogP contribution in [0.15, 0.2) is 52.0 Å². The Labute approximate surface area is 204 Å². The van der Waals surface area contributed by atoms with Crippen molar-refractivity contribution in [1.82, 2.24) is 13.8 Å². The molecule has 1 aliphatic heterocycles. The predicted molar refractivity (Wildman–Crippen MR) is 137 cm³/mol. The summed E-state index contributed by atoms with van der Waals surface area (Å²) in [6, 6.07) is 10.9. The van der Waals surface area contributed by atoms with Gasteiger partial charge in [0.05, 0.1) is 23.2 Å². The van der Waals surface area contributed by atoms with Crippen LogP contribution >= 0.6 is 15.9 Å². The second-order valence-electron chi connectivity index (χ2n) is 8.79. The summed E-state index contributed by atoms with van der Waals surface area (Å²) in [6.07, 6.45) is 2.54. The number of hydrogen-bond acceptors (Lipinski definition) is 6. The molecule has 2 aromatic carbocycles. The molecule has 7 nitrogen and oxygen atoms in total. The summed E-state index contributed by atoms with van der Waals surface area (Å²) in [6.45, 7) is 4.33. The Bertz CT molecular complexity index is 1250. The minimum absolute atomic E-state index is 0.260. The van der Waals surface area contributed by atoms with Crippen molar-refractivity contribution >= 4 is 42.5 Å². The van der Waals surface area contributed by atoms with Crippen molar-refractivity contribution in [3.8, 4) is 5.75 Å². The molecule has 0 saturated carbocycles. The van der Waals surface area contributed by atoms with E-state index in [0.717, 1.165) is 60.3 Å². The first-order chi connectivity index (χ1) is 15.7. The highest BCUT2D eigenvalue weighted by atomic mass is 79.9. The first-order valence-corrected chi connectivity index (χ1v) is 13.3. The third-order valence-corrected chi connectivity index (χ3v) is 8.36. The number of rotatable bonds is 7. The fraction of sp³-hybridized carbons (Fsp3) is 0.417. The van der Waals surface area contributed by atoms with Gasteiger partial charge in [-0.25, -0.2) is 12.4 Å². The van der Waals surface area contributed by atoms with Crippen LogP contribution in [0.4, 0.5) is 5.69 Å². The lowest BCUT2D eigenvalue weighted by molar-refractivity contribution is 0.311. The zero-order valence-electron chi connectivity index (χ0n) is 19.6. The molecule has 1 aromatic heterocycles. The summed E-state index contributed by atoms with van der Waals surface area (Å²) in [5.74, 6) is 0.687. The first kappa shape index (κ1) is 24.1. The molecule has 3 aromatic rings. The van der Waals surface area contributed by atoms with Crippen molar-refractivity contribution in [2.75, 3.05) is 65.9 Å². The Kier molecular flexibility index (Phi) is 7.04. The number of piperazine rings is 1. The molecular formula is C24H31BrN4O3S. The lowest BCUT2D eigenvalue weighted by Crippen LogP contribution is -2.44. The summed E-state index contributed by atoms with van der Waals surface area (Å²) in [4.78, 5) is 6.83. The van der Waals surface area contributed by atoms with Crippen LogP contribution in [0.2, 0.25) is 0 Å². The molecule has 2 heterocycles. The maximum atomic E-state index is 13.8. The second-order valence-corrected chi connectivity index (χ2v) is 11.5. The third-order valence-electron chi connectivity index (χ3n) is 6.19. The van der Waals surface area contributed by atoms with Crippen molar-refractivity contribution in [3.63, 3.8) is 0 Å². The summed E-state index contributed by atoms with van der Waals surface area (Å²) in [5, 5.41) is 0.947. The van der Waals surface area contributed by atoms with Crippen LogP contribution in [0.1, 0.15) is 5.56 Å². The Morgan fingerprint density at radius 3 is 2.45 bits per heavy atom. The minimum atomic E-state index is -3.80. The number of nitrogens with zero attached hydrogens (tertiary/aromatic N) is 4. The average molecular weight is 536 g/mol. The van der Waals surface area contributed by atoms with Gasteiger partial charge in [0.25, 0.3) is 10.0 Å². The molecule has 0 unspecified atom stereocenters. The largest absolute Gasteiger partial charge is 0.495 e. The van der Waals surface area contributed by atoms with Gasteiger partial charge in [-0.1, -0.05) is 15.9 Å². The monoisotopic (exact) mass is 534 g/mol. The van der Waals surface area contributed by atoms with Gasteiger partial charge in [-0.2, -0.15) is 0 Å². The van der Waals surface area contributed by atoms with E-state index in [0.29, 0.717) is 11.3 Å². The molecular weight excluding hydrogens is 504 g/mol. The van der Waals surface area contributed by atoms with Crippen molar-refractivity contribution in [2.45, 2.75) is 11.3 Å². The molecule has 178 valence electrons. The van der Waals surface area contributed by atoms with Crippen LogP contribution in [0.5, 0.6) is 5.75 Å². The van der Waals surface area contributed by atoms with E-state index < -0.39 is 10.0 Å². The van der Waals surface area contributed by atoms with Gasteiger partial charge in [0.15, 0.2) is 0 Å². The number of aromatic nitrogens is 1. The summed E-state index contributed by atoms with van der Waals surface area (Å²) >= 11 is 3.53. The molecule has 0 spiro atoms. The fourth-order valence-electron chi connectivity index (χ4n) is 4.22. The van der Waals surface area contributed by atoms with E-state index in [1.54, 1.807) is 31.5 Å². The zero-order chi connectivity index (χ0) is 23.8. The lowest BCUT2D eigenvalue weighted by Gasteiger charge is -2.34. The molecule has 4 rings (SSSR count). The summed E-state index contributed by atoms with van der Waals surface area (Å²) in [7, 11) is 3.95. The molecule has 0 amide bonds. The molecule has 1 saturated heterocycles. The molecule has 1 fully saturated rings. The van der Waals surface area contributed by atoms with Gasteiger partial charge < -0.3 is 19.4 Å². The van der Waals surface area contributed by atoms with Crippen molar-refractivity contribution in [1.29, 1.82) is 0 Å². The first-order valence-electron chi connectivity index (χ1n) is 11.0. The molecule has 0 aliphatic carbocycles. The number of hydrogen-bond donors (Lipinski definition) is 0. The van der Waals surface area contributed by atoms with Crippen LogP contribution in [-0.2, 0) is 16.4 Å². The molecule has 0 N–H and O–H groups in total. The SMILES string of the molecule is COc1ccc(S(=O)(=O)n2cc(CCN(C)C)c3cc(Br)ccc32)cc1N1CCN(C)CC1. The van der Waals surface area contributed by atoms with Gasteiger partial charge in [-0.05, 0) is 69.5 Å². The average Bonchev–Trinajstić information content (AvgIpc) is 3.16. The van der Waals surface area contributed by atoms with E-state index in [2.05, 4.69) is 37.7 Å². The number of benzene rings is 2. The van der Waals surface area contributed by atoms with Gasteiger partial charge in [0.1, 0.15) is 5.75 Å². The number of halogens is 1. The third kappa shape index (κ3) is 4.91. The maximum absolute atomic E-state index is 13.8. The van der Waals surface area contributed by atoms with Crippen LogP contribution in [-0.4, -0.2) is 83.2 Å². The normalized spacial score (nSPS) is 15.5. The molecule has 0 radical (unpaired) electrons. The smallest absolute Gasteiger partial charge is 0.268 e. The zero-order valence-corrected chi connectivity index (χ0v) is 22.0. The lowest BCUT2D eigenvalue weighted by atomic mass is 10.1. The number of ether oxygens (including phenoxy) is 1. The second kappa shape index (κ2) is 9.66. The highest BCUT2D eigenvalue weighted by Crippen LogP contribution is 2.34. The van der Waals surface area contributed by atoms with Crippen LogP contribution in [0, 0.1) is 0 Å². The fourth-order valence-corrected chi connectivity index (χ4v) is 5.99. The van der Waals surface area contributed by atoms with Gasteiger partial charge in [0.2, 0.25) is 0 Å². The van der Waals surface area contributed by atoms with E-state index in [1.807, 2.05) is 32.3 Å². The van der Waals surface area contributed by atoms with Gasteiger partial charge in [0, 0.05) is 48.8 Å². The predicted octanol–water partition coefficient (Wildman–Crippen LogP) is 3.51. The van der Waals surface area contributed by atoms with Crippen molar-refractivity contribution in [2.24, 2.45) is 0 Å². The Balaban J connectivity index is 1.79. The highest BCUT2D eigenvalue weighted by molar-refractivity contribution is 9.10. The van der Waals surface area contributed by atoms with E-state index in [9.17, 15) is 8.42 Å². The Morgan fingerprint density at radius 1 is 1.06 bits per heavy atom. The molecule has 0 bridgehead atoms. The topological polar surface area (TPSA) is 58.0 Å². The molecule has 1 aliphatic rings. The number of fused-ring (bicyclic) bond motifs is 1. The summed E-state index contributed by atoms with van der Waals surface area (Å²) < 4.78 is 35.6. The van der Waals surface area contributed by atoms with Crippen LogP contribution < -0.4 is 9.64 Å². The van der Waals surface area contributed by atoms with E-state index in [-0.39, 0.29) is 4.90 Å². The van der Waals surface area contributed by atoms with Crippen molar-refractivity contribution < 1.29 is 13.2 Å². The summed E-state index contributed by atoms with van der Waals surface area (Å²) in [5.41, 5.74) is 2.51. The van der Waals surface area contributed by atoms with Crippen LogP contribution in [0.3, 0.4) is 0 Å². The number of anilines is 1. The molecule has 9 heteroatoms. The minimum Gasteiger partial charge on any atom is -0.495 e. The van der Waals surface area contributed by atoms with Gasteiger partial charge in [-0.15, -0.1) is 0 Å². The van der Waals surface area contributed by atoms with E-state index >= 15 is 0 Å². The highest BCUT2D eigenvalue weighted by Gasteiger charge is 2.25. The van der Waals surface area contributed by atoms with Crippen molar-refractivity contribution in [3.05, 3.63) is 52.6 Å².